The molecule has 0 fully saturated rings. The van der Waals surface area contributed by atoms with Crippen molar-refractivity contribution in [2.24, 2.45) is 17.8 Å². The van der Waals surface area contributed by atoms with Gasteiger partial charge in [-0.3, -0.25) is 37.3 Å². The van der Waals surface area contributed by atoms with Gasteiger partial charge in [-0.1, -0.05) is 299 Å². The number of phosphoric ester groups is 2. The van der Waals surface area contributed by atoms with E-state index in [9.17, 15) is 43.2 Å². The summed E-state index contributed by atoms with van der Waals surface area (Å²) in [5, 5.41) is 10.6. The number of ether oxygens (including phenoxy) is 4. The van der Waals surface area contributed by atoms with E-state index < -0.39 is 97.5 Å². The molecule has 0 aromatic heterocycles. The topological polar surface area (TPSA) is 237 Å². The van der Waals surface area contributed by atoms with Crippen molar-refractivity contribution < 1.29 is 80.2 Å². The Morgan fingerprint density at radius 3 is 0.854 bits per heavy atom. The van der Waals surface area contributed by atoms with E-state index in [2.05, 4.69) is 48.5 Å². The van der Waals surface area contributed by atoms with Crippen LogP contribution in [-0.2, 0) is 65.4 Å². The van der Waals surface area contributed by atoms with Crippen molar-refractivity contribution in [2.75, 3.05) is 39.6 Å². The molecule has 0 saturated carbocycles. The highest BCUT2D eigenvalue weighted by molar-refractivity contribution is 7.47. The Balaban J connectivity index is 5.20. The maximum atomic E-state index is 13.0. The van der Waals surface area contributed by atoms with E-state index in [1.165, 1.54) is 148 Å². The minimum Gasteiger partial charge on any atom is -0.462 e. The van der Waals surface area contributed by atoms with Crippen LogP contribution < -0.4 is 0 Å². The van der Waals surface area contributed by atoms with Crippen LogP contribution in [0.1, 0.15) is 350 Å². The number of hydrogen-bond acceptors (Lipinski definition) is 15. The van der Waals surface area contributed by atoms with Crippen molar-refractivity contribution in [3.8, 4) is 0 Å². The predicted molar refractivity (Wildman–Crippen MR) is 358 cm³/mol. The van der Waals surface area contributed by atoms with Crippen molar-refractivity contribution in [2.45, 2.75) is 369 Å². The largest absolute Gasteiger partial charge is 0.472 e. The van der Waals surface area contributed by atoms with Crippen LogP contribution in [0, 0.1) is 17.8 Å². The zero-order valence-corrected chi connectivity index (χ0v) is 59.7. The Labute approximate surface area is 543 Å². The van der Waals surface area contributed by atoms with E-state index in [1.807, 2.05) is 0 Å². The molecular formula is C70H136O17P2. The van der Waals surface area contributed by atoms with Gasteiger partial charge in [-0.05, 0) is 43.4 Å². The van der Waals surface area contributed by atoms with E-state index in [0.717, 1.165) is 120 Å². The van der Waals surface area contributed by atoms with Gasteiger partial charge in [-0.2, -0.15) is 0 Å². The lowest BCUT2D eigenvalue weighted by atomic mass is 9.99. The third-order valence-electron chi connectivity index (χ3n) is 16.9. The average molecular weight is 1310 g/mol. The third-order valence-corrected chi connectivity index (χ3v) is 18.8. The molecule has 528 valence electrons. The Kier molecular flexibility index (Phi) is 59.6. The fourth-order valence-corrected chi connectivity index (χ4v) is 12.1. The predicted octanol–water partition coefficient (Wildman–Crippen LogP) is 19.8. The lowest BCUT2D eigenvalue weighted by Crippen LogP contribution is -2.30. The van der Waals surface area contributed by atoms with Gasteiger partial charge in [0.1, 0.15) is 19.3 Å². The molecule has 0 saturated heterocycles. The summed E-state index contributed by atoms with van der Waals surface area (Å²) in [7, 11) is -9.90. The monoisotopic (exact) mass is 1310 g/mol. The normalized spacial score (nSPS) is 14.8. The second kappa shape index (κ2) is 61.0. The molecule has 19 heteroatoms. The van der Waals surface area contributed by atoms with Gasteiger partial charge >= 0.3 is 39.5 Å². The molecule has 4 unspecified atom stereocenters. The van der Waals surface area contributed by atoms with Crippen molar-refractivity contribution in [3.05, 3.63) is 0 Å². The summed E-state index contributed by atoms with van der Waals surface area (Å²) in [5.74, 6) is 0.204. The van der Waals surface area contributed by atoms with Crippen LogP contribution in [0.4, 0.5) is 0 Å². The van der Waals surface area contributed by atoms with E-state index in [-0.39, 0.29) is 25.7 Å². The average Bonchev–Trinajstić information content (AvgIpc) is 3.68. The fraction of sp³-hybridized carbons (Fsp3) is 0.943. The number of hydrogen-bond donors (Lipinski definition) is 3. The Hall–Kier alpha value is -1.94. The molecule has 0 bridgehead atoms. The quantitative estimate of drug-likeness (QED) is 0.0222. The van der Waals surface area contributed by atoms with Crippen LogP contribution in [0.15, 0.2) is 0 Å². The van der Waals surface area contributed by atoms with E-state index in [4.69, 9.17) is 37.0 Å². The van der Waals surface area contributed by atoms with E-state index >= 15 is 0 Å². The van der Waals surface area contributed by atoms with Crippen LogP contribution in [0.25, 0.3) is 0 Å². The highest BCUT2D eigenvalue weighted by atomic mass is 31.2. The van der Waals surface area contributed by atoms with Gasteiger partial charge in [-0.15, -0.1) is 0 Å². The maximum absolute atomic E-state index is 13.0. The molecule has 0 aromatic carbocycles. The second-order valence-corrected chi connectivity index (χ2v) is 29.1. The van der Waals surface area contributed by atoms with Crippen LogP contribution in [0.3, 0.4) is 0 Å². The first kappa shape index (κ1) is 87.1. The molecule has 89 heavy (non-hydrogen) atoms. The molecule has 0 aliphatic rings. The molecule has 7 atom stereocenters. The first-order valence-corrected chi connectivity index (χ1v) is 39.4. The summed E-state index contributed by atoms with van der Waals surface area (Å²) in [5.41, 5.74) is 0. The molecule has 3 N–H and O–H groups in total. The molecule has 0 aliphatic heterocycles. The summed E-state index contributed by atoms with van der Waals surface area (Å²) in [6.07, 6.45) is 44.5. The number of aliphatic hydroxyl groups excluding tert-OH is 1. The van der Waals surface area contributed by atoms with Crippen molar-refractivity contribution in [1.29, 1.82) is 0 Å². The van der Waals surface area contributed by atoms with Gasteiger partial charge in [-0.25, -0.2) is 9.13 Å². The SMILES string of the molecule is CCCCCCCCCC(=O)OC[C@H](COP(=O)(O)OC[C@H](O)COP(=O)(O)OC[C@@H](COC(=O)CCCCCCCCCCCCCC(C)C)OC(=O)CCCCCCCCCCCCCCCCC(C)CC)OC(=O)CCCCCCCCC(C)CC. The van der Waals surface area contributed by atoms with Crippen LogP contribution in [0.2, 0.25) is 0 Å². The number of carbonyl (C=O) groups excluding carboxylic acids is 4. The summed E-state index contributed by atoms with van der Waals surface area (Å²) >= 11 is 0. The van der Waals surface area contributed by atoms with Crippen molar-refractivity contribution >= 4 is 39.5 Å². The molecule has 0 amide bonds. The fourth-order valence-electron chi connectivity index (χ4n) is 10.5. The standard InChI is InChI=1S/C70H136O17P2/c1-8-11-12-13-27-37-44-51-67(72)80-57-66(87-70(75)54-47-40-33-32-36-43-50-63(7)10-3)60-85-89(78,79)83-56-64(71)55-82-88(76,77)84-59-65(58-81-68(73)52-45-38-30-25-22-18-19-23-28-34-41-48-61(4)5)86-69(74)53-46-39-31-26-21-17-15-14-16-20-24-29-35-42-49-62(6)9-2/h61-66,71H,8-60H2,1-7H3,(H,76,77)(H,78,79)/t62?,63?,64-,65-,66-/m1/s1. The molecule has 0 spiro atoms. The molecule has 0 radical (unpaired) electrons. The van der Waals surface area contributed by atoms with Crippen LogP contribution in [-0.4, -0.2) is 96.7 Å². The first-order chi connectivity index (χ1) is 42.8. The molecule has 0 aliphatic carbocycles. The molecule has 0 rings (SSSR count). The molecule has 0 aromatic rings. The number of esters is 4. The van der Waals surface area contributed by atoms with E-state index in [0.29, 0.717) is 25.7 Å². The Bertz CT molecular complexity index is 1750. The second-order valence-electron chi connectivity index (χ2n) is 26.2. The number of rotatable bonds is 68. The number of phosphoric acid groups is 2. The van der Waals surface area contributed by atoms with Crippen molar-refractivity contribution in [3.63, 3.8) is 0 Å². The highest BCUT2D eigenvalue weighted by Crippen LogP contribution is 2.45. The first-order valence-electron chi connectivity index (χ1n) is 36.4. The number of carbonyl (C=O) groups is 4. The van der Waals surface area contributed by atoms with Gasteiger partial charge in [0.2, 0.25) is 0 Å². The van der Waals surface area contributed by atoms with Gasteiger partial charge in [0.25, 0.3) is 0 Å². The van der Waals surface area contributed by atoms with Gasteiger partial charge in [0.15, 0.2) is 12.2 Å². The zero-order chi connectivity index (χ0) is 65.9. The maximum Gasteiger partial charge on any atom is 0.472 e. The third kappa shape index (κ3) is 62.0. The molecule has 17 nitrogen and oxygen atoms in total. The van der Waals surface area contributed by atoms with Gasteiger partial charge < -0.3 is 33.8 Å². The Morgan fingerprint density at radius 2 is 0.573 bits per heavy atom. The smallest absolute Gasteiger partial charge is 0.462 e. The molecule has 0 heterocycles. The Morgan fingerprint density at radius 1 is 0.326 bits per heavy atom. The zero-order valence-electron chi connectivity index (χ0n) is 57.9. The van der Waals surface area contributed by atoms with Gasteiger partial charge in [0, 0.05) is 25.7 Å². The van der Waals surface area contributed by atoms with Crippen LogP contribution in [0.5, 0.6) is 0 Å². The number of unbranched alkanes of at least 4 members (excludes halogenated alkanes) is 34. The minimum atomic E-state index is -4.95. The number of aliphatic hydroxyl groups is 1. The van der Waals surface area contributed by atoms with Crippen molar-refractivity contribution in [1.82, 2.24) is 0 Å². The lowest BCUT2D eigenvalue weighted by Gasteiger charge is -2.21. The van der Waals surface area contributed by atoms with Crippen LogP contribution >= 0.6 is 15.6 Å². The van der Waals surface area contributed by atoms with Gasteiger partial charge in [0.05, 0.1) is 26.4 Å². The summed E-state index contributed by atoms with van der Waals surface area (Å²) in [6, 6.07) is 0. The summed E-state index contributed by atoms with van der Waals surface area (Å²) < 4.78 is 68.2. The summed E-state index contributed by atoms with van der Waals surface area (Å²) in [4.78, 5) is 72.4. The summed E-state index contributed by atoms with van der Waals surface area (Å²) in [6.45, 7) is 11.8. The molecular weight excluding hydrogens is 1170 g/mol. The van der Waals surface area contributed by atoms with E-state index in [1.54, 1.807) is 0 Å². The minimum absolute atomic E-state index is 0.102. The lowest BCUT2D eigenvalue weighted by molar-refractivity contribution is -0.161. The highest BCUT2D eigenvalue weighted by Gasteiger charge is 2.30.